The summed E-state index contributed by atoms with van der Waals surface area (Å²) in [5.41, 5.74) is 3.25. The van der Waals surface area contributed by atoms with Gasteiger partial charge in [-0.15, -0.1) is 0 Å². The van der Waals surface area contributed by atoms with Crippen LogP contribution in [0.4, 0.5) is 13.2 Å². The van der Waals surface area contributed by atoms with E-state index in [1.54, 1.807) is 12.1 Å². The molecule has 1 aliphatic carbocycles. The zero-order chi connectivity index (χ0) is 22.5. The van der Waals surface area contributed by atoms with Crippen LogP contribution < -0.4 is 0 Å². The van der Waals surface area contributed by atoms with Crippen LogP contribution in [-0.4, -0.2) is 0 Å². The summed E-state index contributed by atoms with van der Waals surface area (Å²) < 4.78 is 42.8. The molecule has 0 unspecified atom stereocenters. The Bertz CT molecular complexity index is 979. The lowest BCUT2D eigenvalue weighted by molar-refractivity contribution is 0.309. The minimum absolute atomic E-state index is 0.0580. The molecule has 1 atom stereocenters. The molecule has 0 bridgehead atoms. The van der Waals surface area contributed by atoms with Crippen LogP contribution in [0.15, 0.2) is 66.7 Å². The fourth-order valence-electron chi connectivity index (χ4n) is 5.07. The van der Waals surface area contributed by atoms with E-state index in [4.69, 9.17) is 0 Å². The van der Waals surface area contributed by atoms with Crippen molar-refractivity contribution in [3.05, 3.63) is 106 Å². The van der Waals surface area contributed by atoms with E-state index in [0.717, 1.165) is 55.2 Å². The third-order valence-electron chi connectivity index (χ3n) is 7.11. The van der Waals surface area contributed by atoms with Gasteiger partial charge in [0.1, 0.15) is 17.5 Å². The Morgan fingerprint density at radius 2 is 1.44 bits per heavy atom. The number of hydrogen-bond donors (Lipinski definition) is 0. The summed E-state index contributed by atoms with van der Waals surface area (Å²) in [6, 6.07) is 19.7. The predicted octanol–water partition coefficient (Wildman–Crippen LogP) is 8.36. The van der Waals surface area contributed by atoms with E-state index in [0.29, 0.717) is 12.3 Å². The fraction of sp³-hybridized carbons (Fsp3) is 0.379. The molecule has 0 N–H and O–H groups in total. The zero-order valence-electron chi connectivity index (χ0n) is 18.7. The van der Waals surface area contributed by atoms with Gasteiger partial charge in [-0.1, -0.05) is 49.4 Å². The van der Waals surface area contributed by atoms with Gasteiger partial charge in [0, 0.05) is 5.56 Å². The summed E-state index contributed by atoms with van der Waals surface area (Å²) in [7, 11) is 0. The van der Waals surface area contributed by atoms with Gasteiger partial charge in [0.2, 0.25) is 0 Å². The molecular weight excluding hydrogens is 405 g/mol. The van der Waals surface area contributed by atoms with E-state index in [2.05, 4.69) is 0 Å². The number of rotatable bonds is 7. The highest BCUT2D eigenvalue weighted by atomic mass is 19.1. The van der Waals surface area contributed by atoms with Crippen LogP contribution in [0.25, 0.3) is 0 Å². The standard InChI is InChI=1S/C29H31F3/c1-20(23-5-3-2-4-6-23)17-27-28(31)18-25(19-29(27)32)24-13-9-21(10-14-24)7-8-22-11-15-26(30)16-12-22/h2-6,11-12,15-16,18-21,24H,7-10,13-14,17H2,1H3/t20-,21?,24?/m0/s1. The quantitative estimate of drug-likeness (QED) is 0.349. The Kier molecular flexibility index (Phi) is 7.34. The summed E-state index contributed by atoms with van der Waals surface area (Å²) in [4.78, 5) is 0. The van der Waals surface area contributed by atoms with Gasteiger partial charge in [-0.2, -0.15) is 0 Å². The second kappa shape index (κ2) is 10.4. The smallest absolute Gasteiger partial charge is 0.129 e. The highest BCUT2D eigenvalue weighted by Crippen LogP contribution is 2.38. The molecule has 0 aliphatic heterocycles. The molecule has 1 saturated carbocycles. The topological polar surface area (TPSA) is 0 Å². The van der Waals surface area contributed by atoms with Crippen molar-refractivity contribution in [3.63, 3.8) is 0 Å². The highest BCUT2D eigenvalue weighted by molar-refractivity contribution is 5.31. The van der Waals surface area contributed by atoms with Gasteiger partial charge in [-0.25, -0.2) is 13.2 Å². The molecule has 0 radical (unpaired) electrons. The molecule has 3 heteroatoms. The lowest BCUT2D eigenvalue weighted by Crippen LogP contribution is -2.15. The zero-order valence-corrected chi connectivity index (χ0v) is 18.7. The fourth-order valence-corrected chi connectivity index (χ4v) is 5.07. The molecule has 0 spiro atoms. The third-order valence-corrected chi connectivity index (χ3v) is 7.11. The predicted molar refractivity (Wildman–Crippen MR) is 124 cm³/mol. The minimum atomic E-state index is -0.416. The van der Waals surface area contributed by atoms with E-state index < -0.39 is 11.6 Å². The van der Waals surface area contributed by atoms with Crippen LogP contribution in [0.2, 0.25) is 0 Å². The van der Waals surface area contributed by atoms with Crippen LogP contribution in [0, 0.1) is 23.4 Å². The van der Waals surface area contributed by atoms with E-state index in [1.165, 1.54) is 12.1 Å². The van der Waals surface area contributed by atoms with E-state index in [1.807, 2.05) is 49.4 Å². The van der Waals surface area contributed by atoms with Crippen LogP contribution in [0.3, 0.4) is 0 Å². The maximum atomic E-state index is 14.9. The molecule has 0 aromatic heterocycles. The Labute approximate surface area is 189 Å². The van der Waals surface area contributed by atoms with Gasteiger partial charge in [-0.05, 0) is 104 Å². The summed E-state index contributed by atoms with van der Waals surface area (Å²) in [6.07, 6.45) is 6.46. The van der Waals surface area contributed by atoms with Crippen molar-refractivity contribution in [2.24, 2.45) is 5.92 Å². The maximum Gasteiger partial charge on any atom is 0.129 e. The number of hydrogen-bond acceptors (Lipinski definition) is 0. The van der Waals surface area contributed by atoms with Crippen molar-refractivity contribution < 1.29 is 13.2 Å². The SMILES string of the molecule is C[C@@H](Cc1c(F)cc(C2CCC(CCc3ccc(F)cc3)CC2)cc1F)c1ccccc1. The Morgan fingerprint density at radius 3 is 2.06 bits per heavy atom. The van der Waals surface area contributed by atoms with Crippen molar-refractivity contribution >= 4 is 0 Å². The van der Waals surface area contributed by atoms with Crippen molar-refractivity contribution in [1.29, 1.82) is 0 Å². The lowest BCUT2D eigenvalue weighted by atomic mass is 9.76. The van der Waals surface area contributed by atoms with Crippen LogP contribution in [0.5, 0.6) is 0 Å². The van der Waals surface area contributed by atoms with Crippen LogP contribution >= 0.6 is 0 Å². The molecule has 0 heterocycles. The average molecular weight is 437 g/mol. The normalized spacial score (nSPS) is 19.6. The monoisotopic (exact) mass is 436 g/mol. The van der Waals surface area contributed by atoms with Gasteiger partial charge < -0.3 is 0 Å². The van der Waals surface area contributed by atoms with Gasteiger partial charge in [-0.3, -0.25) is 0 Å². The number of benzene rings is 3. The van der Waals surface area contributed by atoms with Crippen molar-refractivity contribution in [3.8, 4) is 0 Å². The molecule has 4 rings (SSSR count). The Hall–Kier alpha value is -2.55. The largest absolute Gasteiger partial charge is 0.207 e. The van der Waals surface area contributed by atoms with Gasteiger partial charge >= 0.3 is 0 Å². The number of halogens is 3. The Balaban J connectivity index is 1.34. The summed E-state index contributed by atoms with van der Waals surface area (Å²) in [6.45, 7) is 2.01. The molecule has 3 aromatic rings. The average Bonchev–Trinajstić information content (AvgIpc) is 2.81. The molecular formula is C29H31F3. The van der Waals surface area contributed by atoms with Crippen LogP contribution in [-0.2, 0) is 12.8 Å². The molecule has 0 amide bonds. The molecule has 32 heavy (non-hydrogen) atoms. The van der Waals surface area contributed by atoms with E-state index >= 15 is 0 Å². The third kappa shape index (κ3) is 5.62. The number of aryl methyl sites for hydroxylation is 1. The van der Waals surface area contributed by atoms with Crippen molar-refractivity contribution in [2.75, 3.05) is 0 Å². The molecule has 1 fully saturated rings. The molecule has 1 aliphatic rings. The van der Waals surface area contributed by atoms with Gasteiger partial charge in [0.05, 0.1) is 0 Å². The van der Waals surface area contributed by atoms with E-state index in [9.17, 15) is 13.2 Å². The van der Waals surface area contributed by atoms with E-state index in [-0.39, 0.29) is 23.2 Å². The first-order chi connectivity index (χ1) is 15.5. The first-order valence-corrected chi connectivity index (χ1v) is 11.8. The second-order valence-electron chi connectivity index (χ2n) is 9.36. The molecule has 0 saturated heterocycles. The highest BCUT2D eigenvalue weighted by Gasteiger charge is 2.24. The molecule has 168 valence electrons. The van der Waals surface area contributed by atoms with Crippen molar-refractivity contribution in [2.45, 2.75) is 63.7 Å². The minimum Gasteiger partial charge on any atom is -0.207 e. The van der Waals surface area contributed by atoms with Crippen LogP contribution in [0.1, 0.15) is 73.1 Å². The lowest BCUT2D eigenvalue weighted by Gasteiger charge is -2.29. The second-order valence-corrected chi connectivity index (χ2v) is 9.36. The summed E-state index contributed by atoms with van der Waals surface area (Å²) >= 11 is 0. The summed E-state index contributed by atoms with van der Waals surface area (Å²) in [5, 5.41) is 0. The molecule has 3 aromatic carbocycles. The maximum absolute atomic E-state index is 14.9. The first-order valence-electron chi connectivity index (χ1n) is 11.8. The Morgan fingerprint density at radius 1 is 0.812 bits per heavy atom. The summed E-state index contributed by atoms with van der Waals surface area (Å²) in [5.74, 6) is -0.127. The van der Waals surface area contributed by atoms with Gasteiger partial charge in [0.15, 0.2) is 0 Å². The first kappa shape index (κ1) is 22.6. The molecule has 0 nitrogen and oxygen atoms in total. The van der Waals surface area contributed by atoms with Crippen molar-refractivity contribution in [1.82, 2.24) is 0 Å². The van der Waals surface area contributed by atoms with Gasteiger partial charge in [0.25, 0.3) is 0 Å².